The SMILES string of the molecule is Cc1cc(C)cc(NC(=O)Nc2ccccc2Cc2nc(-c3ccco3)no2)c1. The Morgan fingerprint density at radius 3 is 2.55 bits per heavy atom. The van der Waals surface area contributed by atoms with E-state index in [4.69, 9.17) is 8.94 Å². The Labute approximate surface area is 167 Å². The number of benzene rings is 2. The highest BCUT2D eigenvalue weighted by molar-refractivity contribution is 6.00. The van der Waals surface area contributed by atoms with Gasteiger partial charge >= 0.3 is 6.03 Å². The number of aryl methyl sites for hydroxylation is 2. The zero-order chi connectivity index (χ0) is 20.2. The molecule has 0 fully saturated rings. The number of para-hydroxylation sites is 1. The molecule has 0 saturated heterocycles. The van der Waals surface area contributed by atoms with Gasteiger partial charge in [-0.3, -0.25) is 0 Å². The molecule has 4 rings (SSSR count). The van der Waals surface area contributed by atoms with E-state index in [0.717, 1.165) is 22.4 Å². The fourth-order valence-electron chi connectivity index (χ4n) is 3.12. The van der Waals surface area contributed by atoms with Crippen LogP contribution in [0.1, 0.15) is 22.6 Å². The number of rotatable bonds is 5. The number of hydrogen-bond donors (Lipinski definition) is 2. The van der Waals surface area contributed by atoms with Gasteiger partial charge in [-0.2, -0.15) is 4.98 Å². The third-order valence-corrected chi connectivity index (χ3v) is 4.30. The number of carbonyl (C=O) groups is 1. The van der Waals surface area contributed by atoms with Crippen LogP contribution in [-0.2, 0) is 6.42 Å². The summed E-state index contributed by atoms with van der Waals surface area (Å²) >= 11 is 0. The summed E-state index contributed by atoms with van der Waals surface area (Å²) in [5, 5.41) is 9.70. The van der Waals surface area contributed by atoms with Gasteiger partial charge in [0.2, 0.25) is 11.7 Å². The summed E-state index contributed by atoms with van der Waals surface area (Å²) < 4.78 is 10.6. The average molecular weight is 388 g/mol. The Hall–Kier alpha value is -3.87. The predicted molar refractivity (Wildman–Crippen MR) is 110 cm³/mol. The quantitative estimate of drug-likeness (QED) is 0.491. The van der Waals surface area contributed by atoms with Crippen molar-refractivity contribution in [3.05, 3.63) is 83.4 Å². The molecule has 0 aliphatic carbocycles. The van der Waals surface area contributed by atoms with Crippen molar-refractivity contribution < 1.29 is 13.7 Å². The smallest absolute Gasteiger partial charge is 0.323 e. The fraction of sp³-hybridized carbons (Fsp3) is 0.136. The molecule has 0 atom stereocenters. The van der Waals surface area contributed by atoms with E-state index in [-0.39, 0.29) is 6.03 Å². The molecular weight excluding hydrogens is 368 g/mol. The predicted octanol–water partition coefficient (Wildman–Crippen LogP) is 5.18. The summed E-state index contributed by atoms with van der Waals surface area (Å²) in [5.74, 6) is 1.36. The molecule has 4 aromatic rings. The second kappa shape index (κ2) is 8.02. The third-order valence-electron chi connectivity index (χ3n) is 4.30. The molecule has 0 unspecified atom stereocenters. The van der Waals surface area contributed by atoms with Gasteiger partial charge in [0.25, 0.3) is 0 Å². The highest BCUT2D eigenvalue weighted by Gasteiger charge is 2.14. The topological polar surface area (TPSA) is 93.2 Å². The van der Waals surface area contributed by atoms with E-state index in [2.05, 4.69) is 26.8 Å². The molecule has 2 aromatic carbocycles. The van der Waals surface area contributed by atoms with Gasteiger partial charge in [-0.1, -0.05) is 29.4 Å². The molecule has 0 spiro atoms. The average Bonchev–Trinajstić information content (AvgIpc) is 3.34. The summed E-state index contributed by atoms with van der Waals surface area (Å²) in [6, 6.07) is 16.6. The standard InChI is InChI=1S/C22H20N4O3/c1-14-10-15(2)12-17(11-14)23-22(27)24-18-7-4-3-6-16(18)13-20-25-21(26-29-20)19-8-5-9-28-19/h3-12H,13H2,1-2H3,(H2,23,24,27). The fourth-order valence-corrected chi connectivity index (χ4v) is 3.12. The number of aromatic nitrogens is 2. The monoisotopic (exact) mass is 388 g/mol. The molecule has 0 radical (unpaired) electrons. The van der Waals surface area contributed by atoms with Gasteiger partial charge in [0, 0.05) is 11.4 Å². The van der Waals surface area contributed by atoms with Crippen LogP contribution in [0.4, 0.5) is 16.2 Å². The van der Waals surface area contributed by atoms with Gasteiger partial charge in [-0.15, -0.1) is 0 Å². The lowest BCUT2D eigenvalue weighted by Gasteiger charge is -2.12. The van der Waals surface area contributed by atoms with E-state index in [0.29, 0.717) is 29.6 Å². The van der Waals surface area contributed by atoms with Crippen LogP contribution in [0.25, 0.3) is 11.6 Å². The van der Waals surface area contributed by atoms with Crippen molar-refractivity contribution in [1.29, 1.82) is 0 Å². The molecule has 29 heavy (non-hydrogen) atoms. The van der Waals surface area contributed by atoms with E-state index in [9.17, 15) is 4.79 Å². The maximum absolute atomic E-state index is 12.5. The first-order chi connectivity index (χ1) is 14.1. The largest absolute Gasteiger partial charge is 0.461 e. The van der Waals surface area contributed by atoms with E-state index in [1.54, 1.807) is 18.4 Å². The highest BCUT2D eigenvalue weighted by atomic mass is 16.5. The molecule has 0 saturated carbocycles. The first-order valence-electron chi connectivity index (χ1n) is 9.17. The van der Waals surface area contributed by atoms with E-state index >= 15 is 0 Å². The molecular formula is C22H20N4O3. The number of carbonyl (C=O) groups excluding carboxylic acids is 1. The molecule has 0 bridgehead atoms. The number of amides is 2. The van der Waals surface area contributed by atoms with Gasteiger partial charge in [-0.05, 0) is 60.9 Å². The molecule has 2 aromatic heterocycles. The Morgan fingerprint density at radius 1 is 1.00 bits per heavy atom. The van der Waals surface area contributed by atoms with E-state index in [1.165, 1.54) is 0 Å². The summed E-state index contributed by atoms with van der Waals surface area (Å²) in [6.07, 6.45) is 1.94. The zero-order valence-electron chi connectivity index (χ0n) is 16.1. The zero-order valence-corrected chi connectivity index (χ0v) is 16.1. The minimum absolute atomic E-state index is 0.316. The highest BCUT2D eigenvalue weighted by Crippen LogP contribution is 2.22. The molecule has 2 amide bonds. The van der Waals surface area contributed by atoms with Crippen LogP contribution in [0.3, 0.4) is 0 Å². The second-order valence-electron chi connectivity index (χ2n) is 6.78. The molecule has 2 N–H and O–H groups in total. The van der Waals surface area contributed by atoms with E-state index < -0.39 is 0 Å². The molecule has 146 valence electrons. The van der Waals surface area contributed by atoms with Crippen LogP contribution in [0.15, 0.2) is 69.8 Å². The van der Waals surface area contributed by atoms with Crippen LogP contribution in [-0.4, -0.2) is 16.2 Å². The van der Waals surface area contributed by atoms with Crippen LogP contribution >= 0.6 is 0 Å². The van der Waals surface area contributed by atoms with Gasteiger partial charge in [0.05, 0.1) is 12.7 Å². The Kier molecular flexibility index (Phi) is 5.11. The van der Waals surface area contributed by atoms with Crippen LogP contribution < -0.4 is 10.6 Å². The maximum Gasteiger partial charge on any atom is 0.323 e. The normalized spacial score (nSPS) is 10.7. The number of urea groups is 1. The van der Waals surface area contributed by atoms with Crippen molar-refractivity contribution in [2.45, 2.75) is 20.3 Å². The number of nitrogens with one attached hydrogen (secondary N) is 2. The van der Waals surface area contributed by atoms with E-state index in [1.807, 2.05) is 50.2 Å². The first-order valence-corrected chi connectivity index (χ1v) is 9.17. The van der Waals surface area contributed by atoms with Crippen LogP contribution in [0, 0.1) is 13.8 Å². The molecule has 7 heteroatoms. The number of nitrogens with zero attached hydrogens (tertiary/aromatic N) is 2. The van der Waals surface area contributed by atoms with Crippen LogP contribution in [0.5, 0.6) is 0 Å². The maximum atomic E-state index is 12.5. The molecule has 0 aliphatic heterocycles. The van der Waals surface area contributed by atoms with Crippen molar-refractivity contribution >= 4 is 17.4 Å². The number of furan rings is 1. The number of anilines is 2. The van der Waals surface area contributed by atoms with Crippen molar-refractivity contribution in [3.8, 4) is 11.6 Å². The van der Waals surface area contributed by atoms with Crippen molar-refractivity contribution in [2.24, 2.45) is 0 Å². The van der Waals surface area contributed by atoms with Crippen molar-refractivity contribution in [3.63, 3.8) is 0 Å². The Bertz CT molecular complexity index is 1110. The molecule has 7 nitrogen and oxygen atoms in total. The van der Waals surface area contributed by atoms with Gasteiger partial charge in [0.1, 0.15) is 0 Å². The lowest BCUT2D eigenvalue weighted by molar-refractivity contribution is 0.262. The van der Waals surface area contributed by atoms with Gasteiger partial charge in [0.15, 0.2) is 5.76 Å². The molecule has 2 heterocycles. The summed E-state index contributed by atoms with van der Waals surface area (Å²) in [7, 11) is 0. The lowest BCUT2D eigenvalue weighted by Crippen LogP contribution is -2.20. The Balaban J connectivity index is 1.47. The summed E-state index contributed by atoms with van der Waals surface area (Å²) in [4.78, 5) is 16.8. The number of hydrogen-bond acceptors (Lipinski definition) is 5. The molecule has 0 aliphatic rings. The van der Waals surface area contributed by atoms with Crippen molar-refractivity contribution in [2.75, 3.05) is 10.6 Å². The Morgan fingerprint density at radius 2 is 1.79 bits per heavy atom. The van der Waals surface area contributed by atoms with Crippen molar-refractivity contribution in [1.82, 2.24) is 10.1 Å². The minimum atomic E-state index is -0.316. The third kappa shape index (κ3) is 4.52. The first kappa shape index (κ1) is 18.5. The minimum Gasteiger partial charge on any atom is -0.461 e. The summed E-state index contributed by atoms with van der Waals surface area (Å²) in [6.45, 7) is 3.99. The van der Waals surface area contributed by atoms with Crippen LogP contribution in [0.2, 0.25) is 0 Å². The second-order valence-corrected chi connectivity index (χ2v) is 6.78. The van der Waals surface area contributed by atoms with Gasteiger partial charge in [-0.25, -0.2) is 4.79 Å². The summed E-state index contributed by atoms with van der Waals surface area (Å²) in [5.41, 5.74) is 4.45. The van der Waals surface area contributed by atoms with Gasteiger partial charge < -0.3 is 19.6 Å². The lowest BCUT2D eigenvalue weighted by atomic mass is 10.1.